The van der Waals surface area contributed by atoms with Gasteiger partial charge in [0.15, 0.2) is 5.76 Å². The van der Waals surface area contributed by atoms with Crippen LogP contribution in [0.2, 0.25) is 0 Å². The van der Waals surface area contributed by atoms with Crippen molar-refractivity contribution in [2.24, 2.45) is 0 Å². The molecule has 1 aromatic carbocycles. The van der Waals surface area contributed by atoms with Crippen LogP contribution in [0.1, 0.15) is 21.7 Å². The second kappa shape index (κ2) is 6.28. The molecule has 0 bridgehead atoms. The van der Waals surface area contributed by atoms with E-state index in [1.807, 2.05) is 26.0 Å². The van der Waals surface area contributed by atoms with E-state index in [1.165, 1.54) is 12.0 Å². The summed E-state index contributed by atoms with van der Waals surface area (Å²) in [5.74, 6) is 0.0266. The molecule has 0 aliphatic heterocycles. The first-order chi connectivity index (χ1) is 9.92. The highest BCUT2D eigenvalue weighted by molar-refractivity contribution is 5.96. The second-order valence-corrected chi connectivity index (χ2v) is 5.38. The molecule has 5 nitrogen and oxygen atoms in total. The van der Waals surface area contributed by atoms with Gasteiger partial charge in [0, 0.05) is 26.1 Å². The zero-order chi connectivity index (χ0) is 15.6. The molecule has 0 saturated heterocycles. The molecule has 5 heteroatoms. The summed E-state index contributed by atoms with van der Waals surface area (Å²) in [5.41, 5.74) is 2.98. The van der Waals surface area contributed by atoms with Crippen molar-refractivity contribution < 1.29 is 19.1 Å². The summed E-state index contributed by atoms with van der Waals surface area (Å²) in [6.45, 7) is 4.42. The number of carbonyl (C=O) groups excluding carboxylic acids is 1. The molecule has 0 aliphatic rings. The highest BCUT2D eigenvalue weighted by atomic mass is 16.5. The molecule has 1 amide bonds. The van der Waals surface area contributed by atoms with E-state index in [0.717, 1.165) is 16.5 Å². The van der Waals surface area contributed by atoms with Crippen LogP contribution in [0.25, 0.3) is 11.0 Å². The van der Waals surface area contributed by atoms with Gasteiger partial charge in [-0.05, 0) is 43.2 Å². The van der Waals surface area contributed by atoms with E-state index in [2.05, 4.69) is 0 Å². The predicted molar refractivity (Wildman–Crippen MR) is 80.5 cm³/mol. The average molecular weight is 291 g/mol. The van der Waals surface area contributed by atoms with Gasteiger partial charge < -0.3 is 19.2 Å². The van der Waals surface area contributed by atoms with Gasteiger partial charge in [-0.2, -0.15) is 0 Å². The number of amides is 1. The van der Waals surface area contributed by atoms with Crippen LogP contribution in [-0.4, -0.2) is 49.3 Å². The largest absolute Gasteiger partial charge is 0.451 e. The van der Waals surface area contributed by atoms with E-state index in [0.29, 0.717) is 5.58 Å². The Hall–Kier alpha value is -1.85. The number of fused-ring (bicyclic) bond motifs is 1. The van der Waals surface area contributed by atoms with Crippen molar-refractivity contribution >= 4 is 16.9 Å². The van der Waals surface area contributed by atoms with Crippen LogP contribution in [0.3, 0.4) is 0 Å². The molecule has 2 aromatic rings. The number of aliphatic hydroxyl groups is 1. The van der Waals surface area contributed by atoms with Crippen LogP contribution in [0.4, 0.5) is 0 Å². The van der Waals surface area contributed by atoms with Crippen LogP contribution in [-0.2, 0) is 4.74 Å². The first-order valence-corrected chi connectivity index (χ1v) is 6.85. The number of benzene rings is 1. The molecule has 0 fully saturated rings. The van der Waals surface area contributed by atoms with Gasteiger partial charge >= 0.3 is 0 Å². The molecule has 1 N–H and O–H groups in total. The number of hydrogen-bond donors (Lipinski definition) is 1. The second-order valence-electron chi connectivity index (χ2n) is 5.38. The SMILES string of the molecule is COCC(O)CN(C)C(=O)c1cc2cc(C)c(C)cc2o1. The fourth-order valence-corrected chi connectivity index (χ4v) is 2.24. The fraction of sp³-hybridized carbons (Fsp3) is 0.438. The van der Waals surface area contributed by atoms with E-state index >= 15 is 0 Å². The van der Waals surface area contributed by atoms with Gasteiger partial charge in [-0.1, -0.05) is 0 Å². The number of hydrogen-bond acceptors (Lipinski definition) is 4. The van der Waals surface area contributed by atoms with Gasteiger partial charge in [-0.25, -0.2) is 0 Å². The summed E-state index contributed by atoms with van der Waals surface area (Å²) in [6, 6.07) is 5.68. The number of nitrogens with zero attached hydrogens (tertiary/aromatic N) is 1. The number of methoxy groups -OCH3 is 1. The molecule has 0 radical (unpaired) electrons. The highest BCUT2D eigenvalue weighted by Crippen LogP contribution is 2.23. The normalized spacial score (nSPS) is 12.6. The molecule has 0 aliphatic carbocycles. The Balaban J connectivity index is 2.19. The molecule has 2 rings (SSSR count). The van der Waals surface area contributed by atoms with E-state index in [1.54, 1.807) is 13.1 Å². The summed E-state index contributed by atoms with van der Waals surface area (Å²) >= 11 is 0. The number of rotatable bonds is 5. The zero-order valence-electron chi connectivity index (χ0n) is 12.8. The lowest BCUT2D eigenvalue weighted by Gasteiger charge is -2.19. The molecule has 1 heterocycles. The summed E-state index contributed by atoms with van der Waals surface area (Å²) in [6.07, 6.45) is -0.710. The first kappa shape index (κ1) is 15.5. The number of aliphatic hydroxyl groups excluding tert-OH is 1. The molecular weight excluding hydrogens is 270 g/mol. The predicted octanol–water partition coefficient (Wildman–Crippen LogP) is 2.13. The molecule has 0 spiro atoms. The summed E-state index contributed by atoms with van der Waals surface area (Å²) in [5, 5.41) is 10.6. The van der Waals surface area contributed by atoms with E-state index in [4.69, 9.17) is 9.15 Å². The topological polar surface area (TPSA) is 62.9 Å². The molecule has 21 heavy (non-hydrogen) atoms. The lowest BCUT2D eigenvalue weighted by Crippen LogP contribution is -2.36. The maximum atomic E-state index is 12.3. The van der Waals surface area contributed by atoms with Gasteiger partial charge in [0.25, 0.3) is 5.91 Å². The number of ether oxygens (including phenoxy) is 1. The molecule has 1 aromatic heterocycles. The minimum absolute atomic E-state index is 0.191. The van der Waals surface area contributed by atoms with Crippen molar-refractivity contribution in [3.8, 4) is 0 Å². The zero-order valence-corrected chi connectivity index (χ0v) is 12.8. The Labute approximate surface area is 124 Å². The van der Waals surface area contributed by atoms with Crippen molar-refractivity contribution in [1.82, 2.24) is 4.90 Å². The van der Waals surface area contributed by atoms with Crippen LogP contribution < -0.4 is 0 Å². The number of aryl methyl sites for hydroxylation is 2. The fourth-order valence-electron chi connectivity index (χ4n) is 2.24. The van der Waals surface area contributed by atoms with Crippen LogP contribution in [0, 0.1) is 13.8 Å². The number of likely N-dealkylation sites (N-methyl/N-ethyl adjacent to an activating group) is 1. The summed E-state index contributed by atoms with van der Waals surface area (Å²) in [7, 11) is 3.14. The number of carbonyl (C=O) groups is 1. The van der Waals surface area contributed by atoms with Crippen molar-refractivity contribution in [1.29, 1.82) is 0 Å². The van der Waals surface area contributed by atoms with Crippen molar-refractivity contribution in [2.75, 3.05) is 27.3 Å². The molecule has 1 atom stereocenters. The Kier molecular flexibility index (Phi) is 4.65. The summed E-state index contributed by atoms with van der Waals surface area (Å²) < 4.78 is 10.5. The third kappa shape index (κ3) is 3.43. The van der Waals surface area contributed by atoms with Gasteiger partial charge in [-0.3, -0.25) is 4.79 Å². The van der Waals surface area contributed by atoms with Crippen molar-refractivity contribution in [3.63, 3.8) is 0 Å². The first-order valence-electron chi connectivity index (χ1n) is 6.85. The molecule has 0 saturated carbocycles. The van der Waals surface area contributed by atoms with Crippen LogP contribution >= 0.6 is 0 Å². The Bertz CT molecular complexity index is 608. The minimum atomic E-state index is -0.710. The van der Waals surface area contributed by atoms with Crippen LogP contribution in [0.5, 0.6) is 0 Å². The monoisotopic (exact) mass is 291 g/mol. The van der Waals surface area contributed by atoms with Crippen LogP contribution in [0.15, 0.2) is 22.6 Å². The highest BCUT2D eigenvalue weighted by Gasteiger charge is 2.19. The van der Waals surface area contributed by atoms with Gasteiger partial charge in [-0.15, -0.1) is 0 Å². The lowest BCUT2D eigenvalue weighted by atomic mass is 10.1. The van der Waals surface area contributed by atoms with Crippen molar-refractivity contribution in [3.05, 3.63) is 35.1 Å². The maximum Gasteiger partial charge on any atom is 0.289 e. The third-order valence-corrected chi connectivity index (χ3v) is 3.53. The average Bonchev–Trinajstić information content (AvgIpc) is 2.81. The molecule has 1 unspecified atom stereocenters. The van der Waals surface area contributed by atoms with E-state index in [9.17, 15) is 9.90 Å². The quantitative estimate of drug-likeness (QED) is 0.916. The van der Waals surface area contributed by atoms with Crippen molar-refractivity contribution in [2.45, 2.75) is 20.0 Å². The smallest absolute Gasteiger partial charge is 0.289 e. The number of furan rings is 1. The Morgan fingerprint density at radius 2 is 2.00 bits per heavy atom. The Morgan fingerprint density at radius 3 is 2.67 bits per heavy atom. The van der Waals surface area contributed by atoms with Gasteiger partial charge in [0.05, 0.1) is 12.7 Å². The van der Waals surface area contributed by atoms with Gasteiger partial charge in [0.2, 0.25) is 0 Å². The molecule has 114 valence electrons. The minimum Gasteiger partial charge on any atom is -0.451 e. The Morgan fingerprint density at radius 1 is 1.33 bits per heavy atom. The van der Waals surface area contributed by atoms with E-state index in [-0.39, 0.29) is 24.8 Å². The lowest BCUT2D eigenvalue weighted by molar-refractivity contribution is 0.0368. The van der Waals surface area contributed by atoms with E-state index < -0.39 is 6.10 Å². The third-order valence-electron chi connectivity index (χ3n) is 3.53. The van der Waals surface area contributed by atoms with Gasteiger partial charge in [0.1, 0.15) is 5.58 Å². The maximum absolute atomic E-state index is 12.3. The molecular formula is C16H21NO4. The standard InChI is InChI=1S/C16H21NO4/c1-10-5-12-7-15(21-14(12)6-11(10)2)16(19)17(3)8-13(18)9-20-4/h5-7,13,18H,8-9H2,1-4H3. The summed E-state index contributed by atoms with van der Waals surface area (Å²) in [4.78, 5) is 13.7.